The van der Waals surface area contributed by atoms with E-state index in [1.807, 2.05) is 109 Å². The van der Waals surface area contributed by atoms with E-state index >= 15 is 0 Å². The summed E-state index contributed by atoms with van der Waals surface area (Å²) in [5, 5.41) is 6.22. The van der Waals surface area contributed by atoms with Crippen LogP contribution in [0.25, 0.3) is 0 Å². The maximum absolute atomic E-state index is 14.3. The lowest BCUT2D eigenvalue weighted by molar-refractivity contribution is -0.165. The zero-order valence-corrected chi connectivity index (χ0v) is 32.9. The Labute approximate surface area is 325 Å². The fourth-order valence-corrected chi connectivity index (χ4v) is 14.7. The minimum atomic E-state index is -2.57. The molecule has 1 unspecified atom stereocenters. The number of rotatable bonds is 16. The Morgan fingerprint density at radius 3 is 0.982 bits per heavy atom. The highest BCUT2D eigenvalue weighted by atomic mass is 31.2. The molecule has 0 heterocycles. The monoisotopic (exact) mass is 768 g/mol. The molecule has 8 heteroatoms. The third-order valence-electron chi connectivity index (χ3n) is 9.53. The van der Waals surface area contributed by atoms with Crippen LogP contribution in [0.1, 0.15) is 13.8 Å². The molecule has 0 fully saturated rings. The van der Waals surface area contributed by atoms with Crippen LogP contribution in [0.4, 0.5) is 0 Å². The Bertz CT molecular complexity index is 1920. The molecule has 0 saturated carbocycles. The van der Waals surface area contributed by atoms with Crippen molar-refractivity contribution in [2.24, 2.45) is 5.92 Å². The highest BCUT2D eigenvalue weighted by Gasteiger charge is 2.49. The molecule has 0 spiro atoms. The molecular formula is C47H46O6P2+2. The predicted molar refractivity (Wildman–Crippen MR) is 227 cm³/mol. The molecule has 0 aliphatic heterocycles. The largest absolute Gasteiger partial charge is 0.461 e. The van der Waals surface area contributed by atoms with Crippen molar-refractivity contribution in [1.82, 2.24) is 0 Å². The summed E-state index contributed by atoms with van der Waals surface area (Å²) in [5.74, 6) is -1.75. The van der Waals surface area contributed by atoms with E-state index in [1.165, 1.54) is 0 Å². The maximum Gasteiger partial charge on any atom is 0.345 e. The van der Waals surface area contributed by atoms with Gasteiger partial charge in [-0.05, 0) is 72.8 Å². The van der Waals surface area contributed by atoms with E-state index in [1.54, 1.807) is 13.8 Å². The Kier molecular flexibility index (Phi) is 13.4. The standard InChI is InChI=1S/C47H46O6P2/c1-37(2)47(50)52-34-38(53-46(49)36-55(42-27-15-6-16-28-42,43-29-17-7-18-30-43)44-31-19-8-20-32-44)33-51-45(48)35-54(39-21-9-3-10-22-39,40-23-11-4-12-24-40)41-25-13-5-14-26-41/h3-32,37-38H,33-36H2,1-2H3/q+2. The average Bonchev–Trinajstić information content (AvgIpc) is 3.24. The molecule has 1 atom stereocenters. The smallest absolute Gasteiger partial charge is 0.345 e. The van der Waals surface area contributed by atoms with Gasteiger partial charge in [0.05, 0.1) is 5.92 Å². The molecule has 0 saturated heterocycles. The number of esters is 3. The van der Waals surface area contributed by atoms with Crippen molar-refractivity contribution in [2.45, 2.75) is 20.0 Å². The number of hydrogen-bond acceptors (Lipinski definition) is 6. The first kappa shape index (κ1) is 39.3. The zero-order chi connectivity index (χ0) is 38.5. The van der Waals surface area contributed by atoms with Crippen LogP contribution in [0.5, 0.6) is 0 Å². The second kappa shape index (κ2) is 18.8. The van der Waals surface area contributed by atoms with Gasteiger partial charge in [-0.2, -0.15) is 0 Å². The Morgan fingerprint density at radius 2 is 0.691 bits per heavy atom. The molecule has 0 amide bonds. The van der Waals surface area contributed by atoms with Gasteiger partial charge in [0.15, 0.2) is 18.4 Å². The van der Waals surface area contributed by atoms with Crippen LogP contribution in [-0.2, 0) is 28.6 Å². The van der Waals surface area contributed by atoms with Gasteiger partial charge in [0.2, 0.25) is 0 Å². The van der Waals surface area contributed by atoms with Gasteiger partial charge >= 0.3 is 17.9 Å². The van der Waals surface area contributed by atoms with Crippen LogP contribution in [0.2, 0.25) is 0 Å². The van der Waals surface area contributed by atoms with Crippen molar-refractivity contribution in [3.8, 4) is 0 Å². The molecule has 0 aliphatic carbocycles. The Balaban J connectivity index is 1.30. The third kappa shape index (κ3) is 9.28. The Hall–Kier alpha value is -5.41. The first-order chi connectivity index (χ1) is 26.8. The molecule has 278 valence electrons. The predicted octanol–water partition coefficient (Wildman–Crippen LogP) is 6.63. The van der Waals surface area contributed by atoms with Crippen LogP contribution in [0.3, 0.4) is 0 Å². The average molecular weight is 769 g/mol. The fourth-order valence-electron chi connectivity index (χ4n) is 6.84. The van der Waals surface area contributed by atoms with Crippen molar-refractivity contribution >= 4 is 64.3 Å². The zero-order valence-electron chi connectivity index (χ0n) is 31.1. The summed E-state index contributed by atoms with van der Waals surface area (Å²) in [5.41, 5.74) is 0. The second-order valence-electron chi connectivity index (χ2n) is 13.5. The van der Waals surface area contributed by atoms with Crippen LogP contribution >= 0.6 is 14.5 Å². The van der Waals surface area contributed by atoms with E-state index in [0.717, 1.165) is 31.8 Å². The van der Waals surface area contributed by atoms with Gasteiger partial charge in [0.1, 0.15) is 59.6 Å². The van der Waals surface area contributed by atoms with Gasteiger partial charge in [-0.3, -0.25) is 4.79 Å². The first-order valence-electron chi connectivity index (χ1n) is 18.4. The number of ether oxygens (including phenoxy) is 3. The Morgan fingerprint density at radius 1 is 0.418 bits per heavy atom. The highest BCUT2D eigenvalue weighted by molar-refractivity contribution is 7.96. The van der Waals surface area contributed by atoms with Gasteiger partial charge in [-0.25, -0.2) is 9.59 Å². The lowest BCUT2D eigenvalue weighted by Gasteiger charge is -2.28. The number of carbonyl (C=O) groups is 3. The molecule has 0 N–H and O–H groups in total. The first-order valence-corrected chi connectivity index (χ1v) is 22.4. The van der Waals surface area contributed by atoms with Crippen LogP contribution < -0.4 is 31.8 Å². The summed E-state index contributed by atoms with van der Waals surface area (Å²) in [6.45, 7) is 2.95. The summed E-state index contributed by atoms with van der Waals surface area (Å²) in [6.07, 6.45) is -0.887. The lowest BCUT2D eigenvalue weighted by Crippen LogP contribution is -2.39. The molecule has 6 aromatic carbocycles. The SMILES string of the molecule is CC(C)C(=O)OCC(COC(=O)C[P+](c1ccccc1)(c1ccccc1)c1ccccc1)OC(=O)C[P+](c1ccccc1)(c1ccccc1)c1ccccc1. The van der Waals surface area contributed by atoms with E-state index in [4.69, 9.17) is 14.2 Å². The summed E-state index contributed by atoms with van der Waals surface area (Å²) >= 11 is 0. The molecule has 55 heavy (non-hydrogen) atoms. The van der Waals surface area contributed by atoms with Gasteiger partial charge in [0.25, 0.3) is 0 Å². The molecule has 6 aromatic rings. The quantitative estimate of drug-likeness (QED) is 0.0626. The fraction of sp³-hybridized carbons (Fsp3) is 0.170. The molecule has 0 radical (unpaired) electrons. The van der Waals surface area contributed by atoms with Crippen molar-refractivity contribution in [3.05, 3.63) is 182 Å². The van der Waals surface area contributed by atoms with Crippen LogP contribution in [0.15, 0.2) is 182 Å². The van der Waals surface area contributed by atoms with Crippen molar-refractivity contribution in [2.75, 3.05) is 25.5 Å². The maximum atomic E-state index is 14.3. The summed E-state index contributed by atoms with van der Waals surface area (Å²) in [4.78, 5) is 41.1. The van der Waals surface area contributed by atoms with Gasteiger partial charge in [-0.15, -0.1) is 0 Å². The molecule has 6 rings (SSSR count). The normalized spacial score (nSPS) is 12.1. The van der Waals surface area contributed by atoms with Crippen LogP contribution in [0, 0.1) is 5.92 Å². The van der Waals surface area contributed by atoms with E-state index in [9.17, 15) is 14.4 Å². The highest BCUT2D eigenvalue weighted by Crippen LogP contribution is 2.56. The summed E-state index contributed by atoms with van der Waals surface area (Å²) in [6, 6.07) is 60.4. The number of benzene rings is 6. The van der Waals surface area contributed by atoms with Gasteiger partial charge in [0, 0.05) is 0 Å². The van der Waals surface area contributed by atoms with E-state index in [2.05, 4.69) is 72.8 Å². The molecule has 0 bridgehead atoms. The molecule has 6 nitrogen and oxygen atoms in total. The second-order valence-corrected chi connectivity index (χ2v) is 20.5. The third-order valence-corrected chi connectivity index (χ3v) is 18.1. The van der Waals surface area contributed by atoms with Crippen molar-refractivity contribution < 1.29 is 28.6 Å². The van der Waals surface area contributed by atoms with Crippen molar-refractivity contribution in [3.63, 3.8) is 0 Å². The van der Waals surface area contributed by atoms with Gasteiger partial charge < -0.3 is 14.2 Å². The minimum absolute atomic E-state index is 0.0538. The minimum Gasteiger partial charge on any atom is -0.461 e. The van der Waals surface area contributed by atoms with Crippen LogP contribution in [-0.4, -0.2) is 49.5 Å². The lowest BCUT2D eigenvalue weighted by atomic mass is 10.2. The van der Waals surface area contributed by atoms with Crippen molar-refractivity contribution in [1.29, 1.82) is 0 Å². The summed E-state index contributed by atoms with van der Waals surface area (Å²) < 4.78 is 17.8. The molecule has 0 aliphatic rings. The van der Waals surface area contributed by atoms with E-state index < -0.39 is 38.5 Å². The molecule has 0 aromatic heterocycles. The van der Waals surface area contributed by atoms with E-state index in [-0.39, 0.29) is 31.5 Å². The number of carbonyl (C=O) groups excluding carboxylic acids is 3. The van der Waals surface area contributed by atoms with Gasteiger partial charge in [-0.1, -0.05) is 123 Å². The summed E-state index contributed by atoms with van der Waals surface area (Å²) in [7, 11) is -5.11. The van der Waals surface area contributed by atoms with E-state index in [0.29, 0.717) is 0 Å². The molecular weight excluding hydrogens is 722 g/mol. The number of hydrogen-bond donors (Lipinski definition) is 0. The topological polar surface area (TPSA) is 78.9 Å².